The highest BCUT2D eigenvalue weighted by molar-refractivity contribution is 7.99. The van der Waals surface area contributed by atoms with Gasteiger partial charge in [-0.1, -0.05) is 23.9 Å². The molecule has 1 N–H and O–H groups in total. The summed E-state index contributed by atoms with van der Waals surface area (Å²) in [6, 6.07) is 16.8. The predicted molar refractivity (Wildman–Crippen MR) is 120 cm³/mol. The van der Waals surface area contributed by atoms with E-state index >= 15 is 0 Å². The lowest BCUT2D eigenvalue weighted by Crippen LogP contribution is -2.23. The lowest BCUT2D eigenvalue weighted by molar-refractivity contribution is -0.384. The molecule has 3 aromatic carbocycles. The minimum absolute atomic E-state index is 0.0613. The van der Waals surface area contributed by atoms with Crippen LogP contribution in [-0.4, -0.2) is 23.3 Å². The van der Waals surface area contributed by atoms with E-state index < -0.39 is 16.6 Å². The van der Waals surface area contributed by atoms with Gasteiger partial charge < -0.3 is 10.2 Å². The second-order valence-electron chi connectivity index (χ2n) is 7.12. The number of carbonyl (C=O) groups is 2. The van der Waals surface area contributed by atoms with Crippen LogP contribution in [0.3, 0.4) is 0 Å². The van der Waals surface area contributed by atoms with Gasteiger partial charge in [0.15, 0.2) is 0 Å². The Morgan fingerprint density at radius 3 is 2.47 bits per heavy atom. The average Bonchev–Trinajstić information content (AvgIpc) is 3.21. The van der Waals surface area contributed by atoms with E-state index in [0.29, 0.717) is 28.4 Å². The van der Waals surface area contributed by atoms with Crippen molar-refractivity contribution in [3.63, 3.8) is 0 Å². The summed E-state index contributed by atoms with van der Waals surface area (Å²) >= 11 is 1.02. The van der Waals surface area contributed by atoms with E-state index in [9.17, 15) is 24.1 Å². The number of rotatable bonds is 6. The second kappa shape index (κ2) is 9.19. The molecule has 0 aliphatic carbocycles. The lowest BCUT2D eigenvalue weighted by atomic mass is 10.1. The number of halogens is 1. The molecular formula is C23H18FN3O4S. The minimum Gasteiger partial charge on any atom is -0.322 e. The van der Waals surface area contributed by atoms with E-state index in [4.69, 9.17) is 0 Å². The largest absolute Gasteiger partial charge is 0.322 e. The molecule has 1 aliphatic rings. The van der Waals surface area contributed by atoms with Crippen LogP contribution >= 0.6 is 11.8 Å². The maximum Gasteiger partial charge on any atom is 0.270 e. The highest BCUT2D eigenvalue weighted by atomic mass is 32.2. The number of nitro groups is 1. The van der Waals surface area contributed by atoms with Gasteiger partial charge in [-0.05, 0) is 48.9 Å². The Morgan fingerprint density at radius 1 is 1.06 bits per heavy atom. The molecule has 1 aliphatic heterocycles. The summed E-state index contributed by atoms with van der Waals surface area (Å²) in [6.07, 6.45) is 1.33. The first-order valence-electron chi connectivity index (χ1n) is 9.85. The number of amides is 2. The van der Waals surface area contributed by atoms with E-state index in [1.54, 1.807) is 47.4 Å². The van der Waals surface area contributed by atoms with Crippen molar-refractivity contribution in [1.82, 2.24) is 0 Å². The number of nitrogens with zero attached hydrogens (tertiary/aromatic N) is 2. The number of benzene rings is 3. The van der Waals surface area contributed by atoms with Crippen LogP contribution in [0.15, 0.2) is 76.5 Å². The predicted octanol–water partition coefficient (Wildman–Crippen LogP) is 5.26. The molecule has 0 atom stereocenters. The van der Waals surface area contributed by atoms with Crippen molar-refractivity contribution in [2.45, 2.75) is 22.6 Å². The van der Waals surface area contributed by atoms with Crippen LogP contribution in [0, 0.1) is 15.9 Å². The van der Waals surface area contributed by atoms with Gasteiger partial charge in [0.1, 0.15) is 5.82 Å². The first kappa shape index (κ1) is 21.5. The number of non-ortho nitro benzene ring substituents is 1. The number of anilines is 2. The molecule has 1 saturated heterocycles. The Labute approximate surface area is 187 Å². The zero-order valence-corrected chi connectivity index (χ0v) is 17.6. The van der Waals surface area contributed by atoms with Crippen LogP contribution in [0.1, 0.15) is 23.2 Å². The van der Waals surface area contributed by atoms with Crippen molar-refractivity contribution < 1.29 is 18.9 Å². The number of hydrogen-bond donors (Lipinski definition) is 1. The summed E-state index contributed by atoms with van der Waals surface area (Å²) in [4.78, 5) is 37.9. The molecule has 162 valence electrons. The summed E-state index contributed by atoms with van der Waals surface area (Å²) in [5.74, 6) is -0.944. The highest BCUT2D eigenvalue weighted by Crippen LogP contribution is 2.34. The van der Waals surface area contributed by atoms with Crippen LogP contribution in [-0.2, 0) is 4.79 Å². The first-order chi connectivity index (χ1) is 15.4. The van der Waals surface area contributed by atoms with E-state index in [1.165, 1.54) is 24.3 Å². The van der Waals surface area contributed by atoms with Gasteiger partial charge in [0.05, 0.1) is 10.5 Å². The fourth-order valence-corrected chi connectivity index (χ4v) is 4.33. The van der Waals surface area contributed by atoms with Gasteiger partial charge in [0.2, 0.25) is 5.91 Å². The Kier molecular flexibility index (Phi) is 6.18. The van der Waals surface area contributed by atoms with Crippen LogP contribution in [0.25, 0.3) is 0 Å². The fourth-order valence-electron chi connectivity index (χ4n) is 3.39. The molecule has 0 bridgehead atoms. The molecule has 2 amide bonds. The molecule has 1 heterocycles. The van der Waals surface area contributed by atoms with Gasteiger partial charge in [0, 0.05) is 46.3 Å². The second-order valence-corrected chi connectivity index (χ2v) is 8.20. The quantitative estimate of drug-likeness (QED) is 0.407. The molecule has 4 rings (SSSR count). The molecule has 0 saturated carbocycles. The Morgan fingerprint density at radius 2 is 1.81 bits per heavy atom. The van der Waals surface area contributed by atoms with Crippen molar-refractivity contribution in [2.24, 2.45) is 0 Å². The van der Waals surface area contributed by atoms with Crippen molar-refractivity contribution >= 4 is 40.6 Å². The average molecular weight is 451 g/mol. The third-order valence-electron chi connectivity index (χ3n) is 4.99. The maximum atomic E-state index is 14.1. The molecule has 7 nitrogen and oxygen atoms in total. The Balaban J connectivity index is 1.59. The van der Waals surface area contributed by atoms with Gasteiger partial charge in [0.25, 0.3) is 11.6 Å². The molecule has 0 aromatic heterocycles. The van der Waals surface area contributed by atoms with Crippen LogP contribution in [0.5, 0.6) is 0 Å². The molecule has 0 unspecified atom stereocenters. The number of nitro benzene ring substituents is 1. The van der Waals surface area contributed by atoms with E-state index in [-0.39, 0.29) is 17.2 Å². The molecular weight excluding hydrogens is 433 g/mol. The van der Waals surface area contributed by atoms with Crippen LogP contribution < -0.4 is 10.2 Å². The number of carbonyl (C=O) groups excluding carboxylic acids is 2. The summed E-state index contributed by atoms with van der Waals surface area (Å²) in [6.45, 7) is 0.662. The Bertz CT molecular complexity index is 1200. The van der Waals surface area contributed by atoms with Gasteiger partial charge in [-0.25, -0.2) is 4.39 Å². The monoisotopic (exact) mass is 451 g/mol. The zero-order chi connectivity index (χ0) is 22.7. The zero-order valence-electron chi connectivity index (χ0n) is 16.8. The van der Waals surface area contributed by atoms with Gasteiger partial charge in [-0.3, -0.25) is 19.7 Å². The topological polar surface area (TPSA) is 92.6 Å². The summed E-state index contributed by atoms with van der Waals surface area (Å²) in [5, 5.41) is 13.9. The third kappa shape index (κ3) is 4.62. The molecule has 9 heteroatoms. The molecule has 32 heavy (non-hydrogen) atoms. The maximum absolute atomic E-state index is 14.1. The summed E-state index contributed by atoms with van der Waals surface area (Å²) in [7, 11) is 0. The molecule has 1 fully saturated rings. The fraction of sp³-hybridized carbons (Fsp3) is 0.130. The Hall–Kier alpha value is -3.72. The van der Waals surface area contributed by atoms with E-state index in [1.807, 2.05) is 0 Å². The molecule has 0 spiro atoms. The number of nitrogens with one attached hydrogen (secondary N) is 1. The van der Waals surface area contributed by atoms with E-state index in [0.717, 1.165) is 23.9 Å². The molecule has 3 aromatic rings. The van der Waals surface area contributed by atoms with Crippen LogP contribution in [0.2, 0.25) is 0 Å². The van der Waals surface area contributed by atoms with Crippen molar-refractivity contribution in [1.29, 1.82) is 0 Å². The SMILES string of the molecule is O=C(Nc1ccc(N2CCCC2=O)cc1)c1cc([N+](=O)[O-])ccc1Sc1ccccc1F. The van der Waals surface area contributed by atoms with Crippen molar-refractivity contribution in [3.05, 3.63) is 88.2 Å². The molecule has 0 radical (unpaired) electrons. The minimum atomic E-state index is -0.587. The lowest BCUT2D eigenvalue weighted by Gasteiger charge is -2.16. The first-order valence-corrected chi connectivity index (χ1v) is 10.7. The van der Waals surface area contributed by atoms with E-state index in [2.05, 4.69) is 5.32 Å². The smallest absolute Gasteiger partial charge is 0.270 e. The summed E-state index contributed by atoms with van der Waals surface area (Å²) < 4.78 is 14.1. The summed E-state index contributed by atoms with van der Waals surface area (Å²) in [5.41, 5.74) is 1.04. The highest BCUT2D eigenvalue weighted by Gasteiger charge is 2.22. The number of hydrogen-bond acceptors (Lipinski definition) is 5. The van der Waals surface area contributed by atoms with Crippen LogP contribution in [0.4, 0.5) is 21.5 Å². The van der Waals surface area contributed by atoms with Crippen molar-refractivity contribution in [3.8, 4) is 0 Å². The third-order valence-corrected chi connectivity index (χ3v) is 6.11. The van der Waals surface area contributed by atoms with Gasteiger partial charge in [-0.15, -0.1) is 0 Å². The van der Waals surface area contributed by atoms with Gasteiger partial charge >= 0.3 is 0 Å². The van der Waals surface area contributed by atoms with Crippen molar-refractivity contribution in [2.75, 3.05) is 16.8 Å². The standard InChI is InChI=1S/C23H18FN3O4S/c24-19-4-1-2-5-21(19)32-20-12-11-17(27(30)31)14-18(20)23(29)25-15-7-9-16(10-8-15)26-13-3-6-22(26)28/h1-2,4-5,7-12,14H,3,6,13H2,(H,25,29). The van der Waals surface area contributed by atoms with Gasteiger partial charge in [-0.2, -0.15) is 0 Å². The normalized spacial score (nSPS) is 13.3.